The lowest BCUT2D eigenvalue weighted by atomic mass is 10.2. The Bertz CT molecular complexity index is 673. The fourth-order valence-corrected chi connectivity index (χ4v) is 4.83. The summed E-state index contributed by atoms with van der Waals surface area (Å²) in [6, 6.07) is 0. The third-order valence-corrected chi connectivity index (χ3v) is 6.51. The van der Waals surface area contributed by atoms with Crippen molar-refractivity contribution in [3.8, 4) is 0 Å². The van der Waals surface area contributed by atoms with Gasteiger partial charge < -0.3 is 18.8 Å². The van der Waals surface area contributed by atoms with Crippen molar-refractivity contribution in [3.63, 3.8) is 0 Å². The van der Waals surface area contributed by atoms with Gasteiger partial charge in [-0.25, -0.2) is 4.57 Å². The number of hydrogen-bond acceptors (Lipinski definition) is 6. The third kappa shape index (κ3) is 10.6. The Morgan fingerprint density at radius 3 is 1.44 bits per heavy atom. The predicted molar refractivity (Wildman–Crippen MR) is 128 cm³/mol. The lowest BCUT2D eigenvalue weighted by molar-refractivity contribution is -0.127. The molecule has 0 bridgehead atoms. The van der Waals surface area contributed by atoms with E-state index in [1.807, 2.05) is 13.8 Å². The summed E-state index contributed by atoms with van der Waals surface area (Å²) >= 11 is 12.0. The molecule has 0 heterocycles. The maximum atomic E-state index is 13.4. The topological polar surface area (TPSA) is 85.4 Å². The van der Waals surface area contributed by atoms with Crippen molar-refractivity contribution in [3.05, 3.63) is 23.7 Å². The molecule has 186 valence electrons. The first-order valence-corrected chi connectivity index (χ1v) is 13.1. The second-order valence-corrected chi connectivity index (χ2v) is 9.81. The van der Waals surface area contributed by atoms with Gasteiger partial charge in [0.15, 0.2) is 0 Å². The molecule has 0 aliphatic carbocycles. The monoisotopic (exact) mass is 514 g/mol. The molecular formula is C21H37Cl2N2O6P. The van der Waals surface area contributed by atoms with Crippen molar-refractivity contribution in [1.29, 1.82) is 0 Å². The zero-order chi connectivity index (χ0) is 25.1. The van der Waals surface area contributed by atoms with E-state index < -0.39 is 36.7 Å². The summed E-state index contributed by atoms with van der Waals surface area (Å²) in [7, 11) is -4.20. The van der Waals surface area contributed by atoms with Crippen molar-refractivity contribution >= 4 is 42.8 Å². The lowest BCUT2D eigenvalue weighted by Gasteiger charge is -2.25. The van der Waals surface area contributed by atoms with Gasteiger partial charge in [0.1, 0.15) is 22.5 Å². The first-order valence-electron chi connectivity index (χ1n) is 10.8. The Balaban J connectivity index is 5.79. The van der Waals surface area contributed by atoms with Crippen LogP contribution >= 0.6 is 31.0 Å². The zero-order valence-electron chi connectivity index (χ0n) is 20.3. The molecule has 11 heteroatoms. The van der Waals surface area contributed by atoms with Crippen LogP contribution in [0.15, 0.2) is 23.7 Å². The number of alkyl halides is 2. The fraction of sp³-hybridized carbons (Fsp3) is 0.714. The van der Waals surface area contributed by atoms with Gasteiger partial charge in [-0.1, -0.05) is 37.0 Å². The summed E-state index contributed by atoms with van der Waals surface area (Å²) in [5.74, 6) is -0.745. The molecule has 8 nitrogen and oxygen atoms in total. The van der Waals surface area contributed by atoms with Gasteiger partial charge >= 0.3 is 7.82 Å². The summed E-state index contributed by atoms with van der Waals surface area (Å²) in [4.78, 5) is 27.7. The van der Waals surface area contributed by atoms with E-state index in [0.29, 0.717) is 25.9 Å². The molecule has 0 aromatic carbocycles. The minimum Gasteiger partial charge on any atom is -0.400 e. The molecule has 0 aliphatic rings. The quantitative estimate of drug-likeness (QED) is 0.0927. The number of halogens is 2. The van der Waals surface area contributed by atoms with Gasteiger partial charge in [-0.15, -0.1) is 0 Å². The summed E-state index contributed by atoms with van der Waals surface area (Å²) in [6.45, 7) is 14.4. The minimum absolute atomic E-state index is 0.0312. The Kier molecular flexibility index (Phi) is 14.3. The number of nitrogens with zero attached hydrogens (tertiary/aromatic N) is 2. The van der Waals surface area contributed by atoms with Gasteiger partial charge in [0.2, 0.25) is 0 Å². The van der Waals surface area contributed by atoms with Crippen LogP contribution in [0.25, 0.3) is 0 Å². The summed E-state index contributed by atoms with van der Waals surface area (Å²) in [5.41, 5.74) is -1.05. The number of hydrogen-bond donors (Lipinski definition) is 0. The number of likely N-dealkylation sites (N-methyl/N-ethyl adjacent to an activating group) is 2. The van der Waals surface area contributed by atoms with Crippen molar-refractivity contribution in [2.24, 2.45) is 0 Å². The van der Waals surface area contributed by atoms with E-state index in [-0.39, 0.29) is 11.5 Å². The van der Waals surface area contributed by atoms with Crippen molar-refractivity contribution in [1.82, 2.24) is 9.80 Å². The second-order valence-electron chi connectivity index (χ2n) is 7.08. The average molecular weight is 515 g/mol. The molecule has 0 rings (SSSR count). The number of phosphoric acid groups is 1. The molecule has 0 spiro atoms. The number of amides is 2. The predicted octanol–water partition coefficient (Wildman–Crippen LogP) is 6.01. The Morgan fingerprint density at radius 2 is 1.19 bits per heavy atom. The third-order valence-electron chi connectivity index (χ3n) is 4.46. The van der Waals surface area contributed by atoms with Crippen LogP contribution in [0.3, 0.4) is 0 Å². The maximum absolute atomic E-state index is 13.4. The smallest absolute Gasteiger partial charge is 0.400 e. The second kappa shape index (κ2) is 14.8. The number of carbonyl (C=O) groups excluding carboxylic acids is 2. The number of phosphoric ester groups is 1. The van der Waals surface area contributed by atoms with E-state index >= 15 is 0 Å². The fourth-order valence-electron chi connectivity index (χ4n) is 2.77. The highest BCUT2D eigenvalue weighted by atomic mass is 35.5. The summed E-state index contributed by atoms with van der Waals surface area (Å²) < 4.78 is 30.0. The van der Waals surface area contributed by atoms with E-state index in [9.17, 15) is 14.2 Å². The molecule has 0 saturated carbocycles. The molecule has 2 amide bonds. The number of allylic oxidation sites excluding steroid dienone is 2. The Hall–Kier alpha value is -1.21. The standard InChI is InChI=1S/C21H37Cl2N2O6P/c1-9-19(10-2)31-32(28,29-15(5)13-20(26)24(11-3)17(7)22)30-16(6)14-21(27)25(12-4)18(8)23/h13-14,17-19H,9-12H2,1-8H3/b15-13+,16-14+. The first kappa shape index (κ1) is 30.8. The molecule has 0 fully saturated rings. The molecule has 0 aromatic rings. The van der Waals surface area contributed by atoms with Crippen LogP contribution in [-0.2, 0) is 27.7 Å². The normalized spacial score (nSPS) is 16.2. The van der Waals surface area contributed by atoms with E-state index in [2.05, 4.69) is 0 Å². The zero-order valence-corrected chi connectivity index (χ0v) is 22.7. The Labute approximate surface area is 202 Å². The first-order chi connectivity index (χ1) is 14.8. The van der Waals surface area contributed by atoms with Crippen LogP contribution in [0.2, 0.25) is 0 Å². The molecule has 0 saturated heterocycles. The van der Waals surface area contributed by atoms with Gasteiger partial charge in [0, 0.05) is 25.2 Å². The van der Waals surface area contributed by atoms with Crippen LogP contribution in [-0.4, -0.2) is 51.8 Å². The molecule has 2 unspecified atom stereocenters. The largest absolute Gasteiger partial charge is 0.587 e. The van der Waals surface area contributed by atoms with Gasteiger partial charge in [0.05, 0.1) is 6.10 Å². The van der Waals surface area contributed by atoms with Crippen molar-refractivity contribution < 1.29 is 27.7 Å². The van der Waals surface area contributed by atoms with Crippen LogP contribution in [0.4, 0.5) is 0 Å². The summed E-state index contributed by atoms with van der Waals surface area (Å²) in [5, 5.41) is 0. The van der Waals surface area contributed by atoms with Crippen molar-refractivity contribution in [2.75, 3.05) is 13.1 Å². The molecule has 2 atom stereocenters. The van der Waals surface area contributed by atoms with Crippen molar-refractivity contribution in [2.45, 2.75) is 85.3 Å². The SMILES string of the molecule is CCC(CC)OP(=O)(O/C(C)=C/C(=O)N(CC)C(C)Cl)O/C(C)=C/C(=O)N(CC)C(C)Cl. The summed E-state index contributed by atoms with van der Waals surface area (Å²) in [6.07, 6.45) is 3.08. The Morgan fingerprint density at radius 1 is 0.844 bits per heavy atom. The van der Waals surface area contributed by atoms with Crippen LogP contribution in [0.1, 0.15) is 68.2 Å². The van der Waals surface area contributed by atoms with E-state index in [1.54, 1.807) is 27.7 Å². The molecule has 0 radical (unpaired) electrons. The van der Waals surface area contributed by atoms with E-state index in [1.165, 1.54) is 35.8 Å². The highest BCUT2D eigenvalue weighted by Gasteiger charge is 2.34. The van der Waals surface area contributed by atoms with Crippen LogP contribution < -0.4 is 0 Å². The molecule has 32 heavy (non-hydrogen) atoms. The van der Waals surface area contributed by atoms with Crippen LogP contribution in [0.5, 0.6) is 0 Å². The highest BCUT2D eigenvalue weighted by molar-refractivity contribution is 7.48. The van der Waals surface area contributed by atoms with Gasteiger partial charge in [-0.05, 0) is 54.4 Å². The molecule has 0 aliphatic heterocycles. The minimum atomic E-state index is -4.20. The molecular weight excluding hydrogens is 478 g/mol. The number of rotatable bonds is 14. The van der Waals surface area contributed by atoms with Crippen LogP contribution in [0, 0.1) is 0 Å². The van der Waals surface area contributed by atoms with Gasteiger partial charge in [0.25, 0.3) is 11.8 Å². The highest BCUT2D eigenvalue weighted by Crippen LogP contribution is 2.54. The van der Waals surface area contributed by atoms with E-state index in [0.717, 1.165) is 0 Å². The molecule has 0 N–H and O–H groups in total. The van der Waals surface area contributed by atoms with E-state index in [4.69, 9.17) is 36.8 Å². The maximum Gasteiger partial charge on any atom is 0.587 e. The lowest BCUT2D eigenvalue weighted by Crippen LogP contribution is -2.34. The van der Waals surface area contributed by atoms with Gasteiger partial charge in [-0.3, -0.25) is 14.1 Å². The molecule has 0 aromatic heterocycles. The van der Waals surface area contributed by atoms with Gasteiger partial charge in [-0.2, -0.15) is 0 Å². The number of carbonyl (C=O) groups is 2. The average Bonchev–Trinajstić information content (AvgIpc) is 2.65.